The summed E-state index contributed by atoms with van der Waals surface area (Å²) in [5.41, 5.74) is 2.64. The molecule has 0 amide bonds. The van der Waals surface area contributed by atoms with Gasteiger partial charge in [-0.1, -0.05) is 19.9 Å². The lowest BCUT2D eigenvalue weighted by molar-refractivity contribution is 0.798. The van der Waals surface area contributed by atoms with Gasteiger partial charge in [0, 0.05) is 24.9 Å². The third-order valence-electron chi connectivity index (χ3n) is 3.04. The third kappa shape index (κ3) is 2.45. The van der Waals surface area contributed by atoms with Crippen molar-refractivity contribution in [2.75, 3.05) is 5.32 Å². The van der Waals surface area contributed by atoms with E-state index in [1.165, 1.54) is 6.33 Å². The number of fused-ring (bicyclic) bond motifs is 1. The number of nitrogens with one attached hydrogen (secondary N) is 2. The molecule has 20 heavy (non-hydrogen) atoms. The monoisotopic (exact) mass is 268 g/mol. The molecule has 0 unspecified atom stereocenters. The molecule has 0 radical (unpaired) electrons. The number of H-pyrrole nitrogens is 1. The van der Waals surface area contributed by atoms with E-state index in [1.54, 1.807) is 6.20 Å². The highest BCUT2D eigenvalue weighted by atomic mass is 15.1. The molecule has 0 spiro atoms. The molecular weight excluding hydrogens is 252 g/mol. The molecule has 0 aliphatic carbocycles. The molecule has 6 nitrogen and oxygen atoms in total. The molecule has 3 aromatic heterocycles. The molecule has 0 bridgehead atoms. The Hall–Kier alpha value is -2.50. The molecule has 0 aliphatic rings. The van der Waals surface area contributed by atoms with Gasteiger partial charge in [-0.25, -0.2) is 15.0 Å². The maximum absolute atomic E-state index is 4.47. The van der Waals surface area contributed by atoms with Gasteiger partial charge in [-0.05, 0) is 11.6 Å². The van der Waals surface area contributed by atoms with Crippen molar-refractivity contribution in [2.45, 2.75) is 26.3 Å². The fourth-order valence-corrected chi connectivity index (χ4v) is 1.94. The molecule has 6 heteroatoms. The average molecular weight is 268 g/mol. The minimum atomic E-state index is 0.329. The van der Waals surface area contributed by atoms with Crippen LogP contribution in [0.3, 0.4) is 0 Å². The summed E-state index contributed by atoms with van der Waals surface area (Å²) in [5.74, 6) is 2.01. The van der Waals surface area contributed by atoms with Crippen molar-refractivity contribution in [1.82, 2.24) is 24.9 Å². The van der Waals surface area contributed by atoms with Crippen LogP contribution in [0, 0.1) is 0 Å². The summed E-state index contributed by atoms with van der Waals surface area (Å²) >= 11 is 0. The van der Waals surface area contributed by atoms with Crippen molar-refractivity contribution in [3.8, 4) is 0 Å². The average Bonchev–Trinajstić information content (AvgIpc) is 2.91. The molecule has 3 heterocycles. The Morgan fingerprint density at radius 1 is 1.30 bits per heavy atom. The fraction of sp³-hybridized carbons (Fsp3) is 0.286. The molecular formula is C14H16N6. The van der Waals surface area contributed by atoms with Gasteiger partial charge in [0.1, 0.15) is 17.7 Å². The highest BCUT2D eigenvalue weighted by Gasteiger charge is 2.11. The minimum absolute atomic E-state index is 0.329. The first-order valence-corrected chi connectivity index (χ1v) is 6.57. The zero-order chi connectivity index (χ0) is 13.9. The molecule has 0 aromatic carbocycles. The lowest BCUT2D eigenvalue weighted by Gasteiger charge is -2.05. The van der Waals surface area contributed by atoms with Crippen molar-refractivity contribution in [2.24, 2.45) is 0 Å². The SMILES string of the molecule is CC(C)c1nc2ncnc(NCc3cccnc3)c2[nH]1. The number of pyridine rings is 1. The van der Waals surface area contributed by atoms with Crippen LogP contribution < -0.4 is 5.32 Å². The molecule has 102 valence electrons. The maximum atomic E-state index is 4.47. The molecule has 2 N–H and O–H groups in total. The van der Waals surface area contributed by atoms with Gasteiger partial charge in [-0.3, -0.25) is 4.98 Å². The van der Waals surface area contributed by atoms with Gasteiger partial charge in [0.15, 0.2) is 11.5 Å². The van der Waals surface area contributed by atoms with Crippen LogP contribution in [-0.2, 0) is 6.54 Å². The molecule has 0 saturated carbocycles. The van der Waals surface area contributed by atoms with E-state index >= 15 is 0 Å². The minimum Gasteiger partial charge on any atom is -0.364 e. The normalized spacial score (nSPS) is 11.2. The number of imidazole rings is 1. The summed E-state index contributed by atoms with van der Waals surface area (Å²) < 4.78 is 0. The lowest BCUT2D eigenvalue weighted by Crippen LogP contribution is -2.02. The van der Waals surface area contributed by atoms with Crippen LogP contribution in [0.15, 0.2) is 30.9 Å². The first-order chi connectivity index (χ1) is 9.74. The van der Waals surface area contributed by atoms with E-state index in [4.69, 9.17) is 0 Å². The van der Waals surface area contributed by atoms with Crippen LogP contribution >= 0.6 is 0 Å². The summed E-state index contributed by atoms with van der Waals surface area (Å²) in [4.78, 5) is 20.3. The lowest BCUT2D eigenvalue weighted by atomic mass is 10.2. The molecule has 0 fully saturated rings. The standard InChI is InChI=1S/C14H16N6/c1-9(2)12-19-11-13(17-8-18-14(11)20-12)16-7-10-4-3-5-15-6-10/h3-6,8-9H,7H2,1-2H3,(H2,16,17,18,19,20). The summed E-state index contributed by atoms with van der Waals surface area (Å²) in [7, 11) is 0. The third-order valence-corrected chi connectivity index (χ3v) is 3.04. The van der Waals surface area contributed by atoms with Crippen LogP contribution in [0.1, 0.15) is 31.2 Å². The number of anilines is 1. The second-order valence-electron chi connectivity index (χ2n) is 4.91. The van der Waals surface area contributed by atoms with Gasteiger partial charge < -0.3 is 10.3 Å². The summed E-state index contributed by atoms with van der Waals surface area (Å²) in [6.07, 6.45) is 5.12. The fourth-order valence-electron chi connectivity index (χ4n) is 1.94. The molecule has 0 aliphatic heterocycles. The summed E-state index contributed by atoms with van der Waals surface area (Å²) in [6, 6.07) is 3.94. The predicted molar refractivity (Wildman–Crippen MR) is 77.3 cm³/mol. The van der Waals surface area contributed by atoms with E-state index in [0.717, 1.165) is 22.7 Å². The van der Waals surface area contributed by atoms with Crippen molar-refractivity contribution in [1.29, 1.82) is 0 Å². The van der Waals surface area contributed by atoms with Crippen molar-refractivity contribution >= 4 is 17.0 Å². The van der Waals surface area contributed by atoms with E-state index in [1.807, 2.05) is 18.3 Å². The Morgan fingerprint density at radius 3 is 2.95 bits per heavy atom. The van der Waals surface area contributed by atoms with Crippen LogP contribution in [0.5, 0.6) is 0 Å². The van der Waals surface area contributed by atoms with E-state index in [0.29, 0.717) is 18.1 Å². The topological polar surface area (TPSA) is 79.4 Å². The number of nitrogens with zero attached hydrogens (tertiary/aromatic N) is 4. The maximum Gasteiger partial charge on any atom is 0.183 e. The Balaban J connectivity index is 1.87. The highest BCUT2D eigenvalue weighted by molar-refractivity contribution is 5.82. The summed E-state index contributed by atoms with van der Waals surface area (Å²) in [6.45, 7) is 4.84. The molecule has 3 aromatic rings. The van der Waals surface area contributed by atoms with Crippen LogP contribution in [-0.4, -0.2) is 24.9 Å². The number of hydrogen-bond donors (Lipinski definition) is 2. The quantitative estimate of drug-likeness (QED) is 0.760. The number of hydrogen-bond acceptors (Lipinski definition) is 5. The van der Waals surface area contributed by atoms with E-state index in [-0.39, 0.29) is 0 Å². The first-order valence-electron chi connectivity index (χ1n) is 6.57. The van der Waals surface area contributed by atoms with Gasteiger partial charge in [0.2, 0.25) is 0 Å². The Bertz CT molecular complexity index is 704. The second-order valence-corrected chi connectivity index (χ2v) is 4.91. The van der Waals surface area contributed by atoms with E-state index < -0.39 is 0 Å². The number of aromatic nitrogens is 5. The Kier molecular flexibility index (Phi) is 3.28. The van der Waals surface area contributed by atoms with Crippen molar-refractivity contribution in [3.05, 3.63) is 42.2 Å². The van der Waals surface area contributed by atoms with Crippen LogP contribution in [0.2, 0.25) is 0 Å². The zero-order valence-electron chi connectivity index (χ0n) is 11.5. The van der Waals surface area contributed by atoms with Crippen molar-refractivity contribution < 1.29 is 0 Å². The van der Waals surface area contributed by atoms with Gasteiger partial charge in [0.05, 0.1) is 0 Å². The largest absolute Gasteiger partial charge is 0.364 e. The van der Waals surface area contributed by atoms with Crippen LogP contribution in [0.25, 0.3) is 11.2 Å². The highest BCUT2D eigenvalue weighted by Crippen LogP contribution is 2.20. The van der Waals surface area contributed by atoms with Crippen molar-refractivity contribution in [3.63, 3.8) is 0 Å². The Labute approximate surface area is 116 Å². The predicted octanol–water partition coefficient (Wildman–Crippen LogP) is 2.48. The van der Waals surface area contributed by atoms with Gasteiger partial charge in [-0.15, -0.1) is 0 Å². The van der Waals surface area contributed by atoms with E-state index in [2.05, 4.69) is 44.1 Å². The smallest absolute Gasteiger partial charge is 0.183 e. The number of rotatable bonds is 4. The number of aromatic amines is 1. The summed E-state index contributed by atoms with van der Waals surface area (Å²) in [5, 5.41) is 3.29. The molecule has 0 saturated heterocycles. The van der Waals surface area contributed by atoms with Gasteiger partial charge >= 0.3 is 0 Å². The van der Waals surface area contributed by atoms with Gasteiger partial charge in [-0.2, -0.15) is 0 Å². The first kappa shape index (κ1) is 12.5. The second kappa shape index (κ2) is 5.24. The van der Waals surface area contributed by atoms with E-state index in [9.17, 15) is 0 Å². The molecule has 3 rings (SSSR count). The Morgan fingerprint density at radius 2 is 2.20 bits per heavy atom. The van der Waals surface area contributed by atoms with Gasteiger partial charge in [0.25, 0.3) is 0 Å². The zero-order valence-corrected chi connectivity index (χ0v) is 11.5. The molecule has 0 atom stereocenters. The van der Waals surface area contributed by atoms with Crippen LogP contribution in [0.4, 0.5) is 5.82 Å².